The fourth-order valence-corrected chi connectivity index (χ4v) is 8.39. The maximum absolute atomic E-state index is 14.9. The number of carboxylic acids is 1. The van der Waals surface area contributed by atoms with Crippen LogP contribution in [0, 0.1) is 32.4 Å². The average Bonchev–Trinajstić information content (AvgIpc) is 3.63. The van der Waals surface area contributed by atoms with Crippen LogP contribution in [-0.4, -0.2) is 70.7 Å². The molecule has 4 aromatic carbocycles. The predicted molar refractivity (Wildman–Crippen MR) is 249 cm³/mol. The minimum Gasteiger partial charge on any atom is -0.488 e. The van der Waals surface area contributed by atoms with Gasteiger partial charge in [-0.1, -0.05) is 78.9 Å². The Morgan fingerprint density at radius 2 is 1.46 bits per heavy atom. The zero-order valence-corrected chi connectivity index (χ0v) is 38.8. The summed E-state index contributed by atoms with van der Waals surface area (Å²) >= 11 is 0. The Morgan fingerprint density at radius 3 is 2.11 bits per heavy atom. The first kappa shape index (κ1) is 47.3. The number of hydrogen-bond donors (Lipinski definition) is 1. The first-order valence-corrected chi connectivity index (χ1v) is 22.3. The van der Waals surface area contributed by atoms with Crippen molar-refractivity contribution in [3.8, 4) is 28.1 Å². The SMILES string of the molecule is Cc1c([C@H](OC(C)(C)C)C(=O)O)c(N2CCC(C)(OCCOC[C@@H](C)OCc3ccccc3)CC2)n2c(C)c(-c3cccc(-c4cc(F)c(F)cc4OCc4ccccc4)c3)nc2c1C. The predicted octanol–water partition coefficient (Wildman–Crippen LogP) is 11.4. The number of pyridine rings is 1. The molecule has 65 heavy (non-hydrogen) atoms. The Hall–Kier alpha value is -5.66. The monoisotopic (exact) mass is 889 g/mol. The first-order valence-electron chi connectivity index (χ1n) is 22.3. The number of aryl methyl sites for hydroxylation is 2. The average molecular weight is 890 g/mol. The highest BCUT2D eigenvalue weighted by Crippen LogP contribution is 2.43. The van der Waals surface area contributed by atoms with Crippen molar-refractivity contribution in [3.63, 3.8) is 0 Å². The number of carboxylic acid groups (broad SMARTS) is 1. The number of halogens is 2. The van der Waals surface area contributed by atoms with Gasteiger partial charge in [-0.05, 0) is 108 Å². The van der Waals surface area contributed by atoms with Crippen LogP contribution in [0.25, 0.3) is 28.0 Å². The van der Waals surface area contributed by atoms with Crippen LogP contribution in [0.2, 0.25) is 0 Å². The third-order valence-electron chi connectivity index (χ3n) is 12.1. The minimum atomic E-state index is -1.27. The Balaban J connectivity index is 1.17. The normalized spacial score (nSPS) is 15.0. The third kappa shape index (κ3) is 11.2. The Morgan fingerprint density at radius 1 is 0.831 bits per heavy atom. The van der Waals surface area contributed by atoms with Gasteiger partial charge in [0.25, 0.3) is 0 Å². The number of aliphatic carboxylic acids is 1. The van der Waals surface area contributed by atoms with Crippen molar-refractivity contribution in [2.45, 2.75) is 105 Å². The summed E-state index contributed by atoms with van der Waals surface area (Å²) in [5.41, 5.74) is 6.86. The van der Waals surface area contributed by atoms with Crippen molar-refractivity contribution >= 4 is 17.4 Å². The lowest BCUT2D eigenvalue weighted by molar-refractivity contribution is -0.160. The smallest absolute Gasteiger partial charge is 0.337 e. The molecule has 12 heteroatoms. The van der Waals surface area contributed by atoms with Gasteiger partial charge in [0.15, 0.2) is 17.7 Å². The van der Waals surface area contributed by atoms with Crippen molar-refractivity contribution in [1.82, 2.24) is 9.38 Å². The second-order valence-electron chi connectivity index (χ2n) is 18.2. The number of imidazole rings is 1. The molecule has 7 rings (SSSR count). The van der Waals surface area contributed by atoms with Crippen LogP contribution < -0.4 is 9.64 Å². The van der Waals surface area contributed by atoms with Crippen molar-refractivity contribution in [1.29, 1.82) is 0 Å². The molecule has 0 aliphatic carbocycles. The molecule has 3 heterocycles. The summed E-state index contributed by atoms with van der Waals surface area (Å²) in [6.07, 6.45) is 0.0231. The molecule has 2 atom stereocenters. The molecule has 0 amide bonds. The minimum absolute atomic E-state index is 0.0667. The number of piperidine rings is 1. The molecule has 10 nitrogen and oxygen atoms in total. The Kier molecular flexibility index (Phi) is 14.7. The van der Waals surface area contributed by atoms with Crippen LogP contribution in [0.3, 0.4) is 0 Å². The molecule has 0 saturated carbocycles. The number of aromatic nitrogens is 2. The van der Waals surface area contributed by atoms with E-state index < -0.39 is 34.9 Å². The molecule has 0 spiro atoms. The number of hydrogen-bond acceptors (Lipinski definition) is 8. The molecule has 0 bridgehead atoms. The Bertz CT molecular complexity index is 2580. The lowest BCUT2D eigenvalue weighted by Gasteiger charge is -2.42. The van der Waals surface area contributed by atoms with E-state index in [1.807, 2.05) is 133 Å². The van der Waals surface area contributed by atoms with Crippen LogP contribution in [0.4, 0.5) is 14.6 Å². The highest BCUT2D eigenvalue weighted by atomic mass is 19.2. The van der Waals surface area contributed by atoms with Gasteiger partial charge in [-0.25, -0.2) is 18.6 Å². The Labute approximate surface area is 381 Å². The second-order valence-corrected chi connectivity index (χ2v) is 18.2. The van der Waals surface area contributed by atoms with E-state index in [2.05, 4.69) is 16.2 Å². The van der Waals surface area contributed by atoms with E-state index in [9.17, 15) is 18.7 Å². The van der Waals surface area contributed by atoms with E-state index >= 15 is 0 Å². The lowest BCUT2D eigenvalue weighted by Crippen LogP contribution is -2.46. The summed E-state index contributed by atoms with van der Waals surface area (Å²) in [5.74, 6) is -2.16. The molecule has 6 aromatic rings. The van der Waals surface area contributed by atoms with Crippen LogP contribution in [0.1, 0.15) is 87.1 Å². The molecule has 0 radical (unpaired) electrons. The first-order chi connectivity index (χ1) is 31.0. The second kappa shape index (κ2) is 20.2. The van der Waals surface area contributed by atoms with Crippen molar-refractivity contribution in [3.05, 3.63) is 142 Å². The maximum Gasteiger partial charge on any atom is 0.337 e. The van der Waals surface area contributed by atoms with Gasteiger partial charge in [0, 0.05) is 41.5 Å². The standard InChI is InChI=1S/C53H61F2N3O7/c1-34(62-32-38-16-11-9-12-17-38)31-61-26-27-64-53(8)22-24-57(25-23-53)50-46(48(51(59)60)65-52(5,6)7)35(2)36(3)49-56-47(37(4)58(49)50)41-21-15-20-40(28-41)42-29-43(54)44(55)30-45(42)63-33-39-18-13-10-14-19-39/h9-21,28-30,34,48H,22-27,31-33H2,1-8H3,(H,59,60)/t34-,48+/m1/s1. The van der Waals surface area contributed by atoms with E-state index in [-0.39, 0.29) is 18.5 Å². The zero-order valence-electron chi connectivity index (χ0n) is 38.8. The van der Waals surface area contributed by atoms with Gasteiger partial charge in [-0.3, -0.25) is 4.40 Å². The molecule has 1 aliphatic heterocycles. The summed E-state index contributed by atoms with van der Waals surface area (Å²) in [4.78, 5) is 20.7. The summed E-state index contributed by atoms with van der Waals surface area (Å²) in [5, 5.41) is 10.8. The molecule has 2 aromatic heterocycles. The number of anilines is 1. The van der Waals surface area contributed by atoms with Gasteiger partial charge >= 0.3 is 5.97 Å². The number of fused-ring (bicyclic) bond motifs is 1. The number of benzene rings is 4. The molecular formula is C53H61F2N3O7. The zero-order chi connectivity index (χ0) is 46.5. The van der Waals surface area contributed by atoms with Crippen molar-refractivity contribution in [2.24, 2.45) is 0 Å². The molecule has 344 valence electrons. The largest absolute Gasteiger partial charge is 0.488 e. The van der Waals surface area contributed by atoms with Crippen LogP contribution >= 0.6 is 0 Å². The molecular weight excluding hydrogens is 829 g/mol. The fraction of sp³-hybridized carbons (Fsp3) is 0.396. The van der Waals surface area contributed by atoms with E-state index in [1.165, 1.54) is 0 Å². The quantitative estimate of drug-likeness (QED) is 0.0845. The van der Waals surface area contributed by atoms with Crippen molar-refractivity contribution < 1.29 is 42.4 Å². The van der Waals surface area contributed by atoms with E-state index in [1.54, 1.807) is 0 Å². The van der Waals surface area contributed by atoms with E-state index in [4.69, 9.17) is 28.7 Å². The summed E-state index contributed by atoms with van der Waals surface area (Å²) in [6, 6.07) is 29.3. The molecule has 1 aliphatic rings. The highest BCUT2D eigenvalue weighted by Gasteiger charge is 2.38. The van der Waals surface area contributed by atoms with E-state index in [0.717, 1.165) is 45.6 Å². The van der Waals surface area contributed by atoms with Gasteiger partial charge in [0.1, 0.15) is 23.8 Å². The van der Waals surface area contributed by atoms with Crippen LogP contribution in [0.5, 0.6) is 5.75 Å². The van der Waals surface area contributed by atoms with Gasteiger partial charge in [-0.2, -0.15) is 0 Å². The van der Waals surface area contributed by atoms with Gasteiger partial charge in [-0.15, -0.1) is 0 Å². The summed E-state index contributed by atoms with van der Waals surface area (Å²) in [7, 11) is 0. The number of nitrogens with zero attached hydrogens (tertiary/aromatic N) is 3. The number of rotatable bonds is 18. The molecule has 0 unspecified atom stereocenters. The summed E-state index contributed by atoms with van der Waals surface area (Å²) in [6.45, 7) is 18.7. The van der Waals surface area contributed by atoms with Crippen LogP contribution in [0.15, 0.2) is 97.1 Å². The summed E-state index contributed by atoms with van der Waals surface area (Å²) < 4.78 is 62.5. The highest BCUT2D eigenvalue weighted by molar-refractivity contribution is 5.82. The lowest BCUT2D eigenvalue weighted by atomic mass is 9.92. The molecule has 1 fully saturated rings. The van der Waals surface area contributed by atoms with Gasteiger partial charge in [0.05, 0.1) is 49.4 Å². The molecule has 1 N–H and O–H groups in total. The van der Waals surface area contributed by atoms with Crippen molar-refractivity contribution in [2.75, 3.05) is 37.8 Å². The fourth-order valence-electron chi connectivity index (χ4n) is 8.39. The topological polar surface area (TPSA) is 104 Å². The molecule has 1 saturated heterocycles. The number of ether oxygens (including phenoxy) is 5. The van der Waals surface area contributed by atoms with Gasteiger partial charge in [0.2, 0.25) is 0 Å². The van der Waals surface area contributed by atoms with Gasteiger partial charge < -0.3 is 33.7 Å². The maximum atomic E-state index is 14.9. The van der Waals surface area contributed by atoms with E-state index in [0.29, 0.717) is 86.2 Å². The third-order valence-corrected chi connectivity index (χ3v) is 12.1. The van der Waals surface area contributed by atoms with Crippen LogP contribution in [-0.2, 0) is 37.0 Å². The number of carbonyl (C=O) groups is 1.